The van der Waals surface area contributed by atoms with Crippen molar-refractivity contribution in [3.8, 4) is 18.1 Å². The molecule has 5 rings (SSSR count). The zero-order valence-electron chi connectivity index (χ0n) is 24.4. The molecule has 4 N–H and O–H groups in total. The number of aromatic nitrogens is 4. The largest absolute Gasteiger partial charge is 0.462 e. The number of hydrogen-bond acceptors (Lipinski definition) is 11. The Labute approximate surface area is 264 Å². The fourth-order valence-corrected chi connectivity index (χ4v) is 6.46. The van der Waals surface area contributed by atoms with Crippen LogP contribution in [-0.2, 0) is 29.8 Å². The highest BCUT2D eigenvalue weighted by molar-refractivity contribution is 7.52. The molecule has 15 heteroatoms. The zero-order chi connectivity index (χ0) is 32.2. The van der Waals surface area contributed by atoms with Gasteiger partial charge in [-0.05, 0) is 49.6 Å². The number of benzene rings is 2. The first-order chi connectivity index (χ1) is 21.5. The Morgan fingerprint density at radius 2 is 1.93 bits per heavy atom. The third kappa shape index (κ3) is 7.45. The summed E-state index contributed by atoms with van der Waals surface area (Å²) in [5, 5.41) is 13.8. The fraction of sp³-hybridized carbons (Fsp3) is 0.333. The second-order valence-electron chi connectivity index (χ2n) is 10.6. The molecule has 1 unspecified atom stereocenters. The first-order valence-electron chi connectivity index (χ1n) is 14.0. The number of hydrogen-bond donors (Lipinski definition) is 3. The summed E-state index contributed by atoms with van der Waals surface area (Å²) in [5.74, 6) is 2.06. The maximum Gasteiger partial charge on any atom is 0.459 e. The lowest BCUT2D eigenvalue weighted by molar-refractivity contribution is -0.149. The van der Waals surface area contributed by atoms with Gasteiger partial charge in [0.05, 0.1) is 12.4 Å². The SMILES string of the molecule is C#C[C@]1(COP(=O)(N[C@H](Cc2ccccc2)C(=O)OC(C)C)Oc2ccccc2)O[C@@H](n2cnc3c(N)nc(Cl)nc32)C[C@@H]1O. The molecule has 13 nitrogen and oxygen atoms in total. The fourth-order valence-electron chi connectivity index (χ4n) is 4.77. The first kappa shape index (κ1) is 32.4. The number of rotatable bonds is 12. The number of carbonyl (C=O) groups excluding carboxylic acids is 1. The molecule has 0 amide bonds. The van der Waals surface area contributed by atoms with Gasteiger partial charge in [-0.3, -0.25) is 13.9 Å². The van der Waals surface area contributed by atoms with E-state index in [0.717, 1.165) is 5.56 Å². The molecule has 0 aliphatic carbocycles. The van der Waals surface area contributed by atoms with Crippen molar-refractivity contribution in [2.75, 3.05) is 12.3 Å². The Balaban J connectivity index is 1.42. The topological polar surface area (TPSA) is 173 Å². The van der Waals surface area contributed by atoms with Crippen LogP contribution < -0.4 is 15.3 Å². The molecule has 2 aromatic heterocycles. The Morgan fingerprint density at radius 3 is 2.60 bits per heavy atom. The zero-order valence-corrected chi connectivity index (χ0v) is 26.1. The third-order valence-electron chi connectivity index (χ3n) is 6.94. The Morgan fingerprint density at radius 1 is 1.24 bits per heavy atom. The van der Waals surface area contributed by atoms with E-state index in [4.69, 9.17) is 42.3 Å². The summed E-state index contributed by atoms with van der Waals surface area (Å²) in [6, 6.07) is 16.3. The van der Waals surface area contributed by atoms with Crippen molar-refractivity contribution >= 4 is 42.3 Å². The van der Waals surface area contributed by atoms with Crippen LogP contribution in [0.15, 0.2) is 67.0 Å². The summed E-state index contributed by atoms with van der Waals surface area (Å²) in [6.45, 7) is 2.83. The number of nitrogens with one attached hydrogen (secondary N) is 1. The van der Waals surface area contributed by atoms with Gasteiger partial charge in [-0.1, -0.05) is 54.5 Å². The smallest absolute Gasteiger partial charge is 0.459 e. The number of fused-ring (bicyclic) bond motifs is 1. The number of carbonyl (C=O) groups is 1. The van der Waals surface area contributed by atoms with Crippen LogP contribution in [0.1, 0.15) is 32.1 Å². The Bertz CT molecular complexity index is 1740. The van der Waals surface area contributed by atoms with Gasteiger partial charge in [-0.25, -0.2) is 9.55 Å². The van der Waals surface area contributed by atoms with Crippen LogP contribution in [0.2, 0.25) is 5.28 Å². The molecule has 1 aliphatic rings. The number of imidazole rings is 1. The second-order valence-corrected chi connectivity index (χ2v) is 12.6. The number of aliphatic hydroxyl groups excluding tert-OH is 1. The molecular weight excluding hydrogens is 623 g/mol. The van der Waals surface area contributed by atoms with E-state index in [9.17, 15) is 14.5 Å². The summed E-state index contributed by atoms with van der Waals surface area (Å²) in [7, 11) is -4.41. The average molecular weight is 655 g/mol. The lowest BCUT2D eigenvalue weighted by atomic mass is 9.99. The summed E-state index contributed by atoms with van der Waals surface area (Å²) < 4.78 is 39.3. The minimum Gasteiger partial charge on any atom is -0.462 e. The lowest BCUT2D eigenvalue weighted by Gasteiger charge is -2.30. The van der Waals surface area contributed by atoms with Gasteiger partial charge in [0.15, 0.2) is 17.1 Å². The molecule has 0 bridgehead atoms. The first-order valence-corrected chi connectivity index (χ1v) is 15.9. The second kappa shape index (κ2) is 13.5. The maximum absolute atomic E-state index is 14.4. The van der Waals surface area contributed by atoms with Gasteiger partial charge in [0.2, 0.25) is 5.28 Å². The molecule has 0 spiro atoms. The van der Waals surface area contributed by atoms with Crippen molar-refractivity contribution in [2.45, 2.75) is 56.8 Å². The molecule has 45 heavy (non-hydrogen) atoms. The minimum absolute atomic E-state index is 0.00480. The van der Waals surface area contributed by atoms with Gasteiger partial charge >= 0.3 is 13.7 Å². The highest BCUT2D eigenvalue weighted by Crippen LogP contribution is 2.48. The molecule has 236 valence electrons. The summed E-state index contributed by atoms with van der Waals surface area (Å²) in [5.41, 5.74) is 5.48. The quantitative estimate of drug-likeness (QED) is 0.0866. The van der Waals surface area contributed by atoms with Crippen LogP contribution in [0.4, 0.5) is 5.82 Å². The maximum atomic E-state index is 14.4. The van der Waals surface area contributed by atoms with Gasteiger partial charge in [-0.2, -0.15) is 15.1 Å². The number of esters is 1. The monoisotopic (exact) mass is 654 g/mol. The number of para-hydroxylation sites is 1. The predicted molar refractivity (Wildman–Crippen MR) is 166 cm³/mol. The van der Waals surface area contributed by atoms with Crippen LogP contribution in [0.3, 0.4) is 0 Å². The molecule has 3 heterocycles. The normalized spacial score (nSPS) is 21.7. The van der Waals surface area contributed by atoms with Crippen LogP contribution in [0.5, 0.6) is 5.75 Å². The average Bonchev–Trinajstić information content (AvgIpc) is 3.57. The van der Waals surface area contributed by atoms with Crippen molar-refractivity contribution in [3.05, 3.63) is 77.8 Å². The van der Waals surface area contributed by atoms with Gasteiger partial charge < -0.3 is 24.8 Å². The van der Waals surface area contributed by atoms with Crippen molar-refractivity contribution < 1.29 is 33.0 Å². The van der Waals surface area contributed by atoms with E-state index >= 15 is 0 Å². The summed E-state index contributed by atoms with van der Waals surface area (Å²) >= 11 is 6.01. The van der Waals surface area contributed by atoms with Crippen molar-refractivity contribution in [1.82, 2.24) is 24.6 Å². The van der Waals surface area contributed by atoms with Crippen molar-refractivity contribution in [3.63, 3.8) is 0 Å². The standard InChI is InChI=1S/C30H32ClN6O7P/c1-4-30(23(38)16-24(43-30)37-18-33-25-26(32)34-29(31)35-27(25)37)17-41-45(40,44-21-13-9-6-10-14-21)36-22(28(39)42-19(2)3)15-20-11-7-5-8-12-20/h1,5-14,18-19,22-24,38H,15-17H2,2-3H3,(H,36,40)(H2,32,34,35)/t22-,23+,24-,30-,45?/m1/s1. The van der Waals surface area contributed by atoms with Gasteiger partial charge in [0.25, 0.3) is 0 Å². The number of nitrogen functional groups attached to an aromatic ring is 1. The van der Waals surface area contributed by atoms with Crippen LogP contribution in [0.25, 0.3) is 11.2 Å². The number of aliphatic hydroxyl groups is 1. The van der Waals surface area contributed by atoms with E-state index in [1.807, 2.05) is 30.3 Å². The Hall–Kier alpha value is -4.02. The number of ether oxygens (including phenoxy) is 2. The molecule has 4 aromatic rings. The highest BCUT2D eigenvalue weighted by atomic mass is 35.5. The molecule has 2 aromatic carbocycles. The van der Waals surface area contributed by atoms with Crippen LogP contribution >= 0.6 is 19.3 Å². The molecule has 1 fully saturated rings. The lowest BCUT2D eigenvalue weighted by Crippen LogP contribution is -2.44. The highest BCUT2D eigenvalue weighted by Gasteiger charge is 2.50. The molecular formula is C30H32ClN6O7P. The molecule has 1 aliphatic heterocycles. The van der Waals surface area contributed by atoms with Crippen molar-refractivity contribution in [2.24, 2.45) is 0 Å². The molecule has 1 saturated heterocycles. The minimum atomic E-state index is -4.41. The van der Waals surface area contributed by atoms with E-state index in [2.05, 4.69) is 26.0 Å². The van der Waals surface area contributed by atoms with E-state index in [0.29, 0.717) is 0 Å². The number of anilines is 1. The summed E-state index contributed by atoms with van der Waals surface area (Å²) in [4.78, 5) is 25.5. The summed E-state index contributed by atoms with van der Waals surface area (Å²) in [6.07, 6.45) is 4.82. The Kier molecular flexibility index (Phi) is 9.74. The third-order valence-corrected chi connectivity index (χ3v) is 8.65. The number of nitrogens with two attached hydrogens (primary N) is 1. The molecule has 5 atom stereocenters. The van der Waals surface area contributed by atoms with Gasteiger partial charge in [0, 0.05) is 6.42 Å². The van der Waals surface area contributed by atoms with Gasteiger partial charge in [0.1, 0.15) is 36.2 Å². The van der Waals surface area contributed by atoms with E-state index in [-0.39, 0.29) is 40.9 Å². The van der Waals surface area contributed by atoms with Gasteiger partial charge in [-0.15, -0.1) is 6.42 Å². The van der Waals surface area contributed by atoms with Crippen LogP contribution in [-0.4, -0.2) is 61.1 Å². The van der Waals surface area contributed by atoms with E-state index in [1.165, 1.54) is 10.9 Å². The van der Waals surface area contributed by atoms with E-state index in [1.54, 1.807) is 44.2 Å². The molecule has 0 saturated carbocycles. The number of halogens is 1. The predicted octanol–water partition coefficient (Wildman–Crippen LogP) is 4.07. The number of nitrogens with zero attached hydrogens (tertiary/aromatic N) is 4. The van der Waals surface area contributed by atoms with Crippen LogP contribution in [0, 0.1) is 12.3 Å². The van der Waals surface area contributed by atoms with Crippen molar-refractivity contribution in [1.29, 1.82) is 0 Å². The van der Waals surface area contributed by atoms with E-state index < -0.39 is 50.4 Å². The number of terminal acetylenes is 1. The molecule has 0 radical (unpaired) electrons.